The molecule has 0 amide bonds. The van der Waals surface area contributed by atoms with E-state index >= 15 is 0 Å². The average Bonchev–Trinajstić information content (AvgIpc) is 3.04. The zero-order valence-corrected chi connectivity index (χ0v) is 14.8. The van der Waals surface area contributed by atoms with Gasteiger partial charge in [0.1, 0.15) is 0 Å². The minimum absolute atomic E-state index is 0.782. The smallest absolute Gasteiger partial charge is 0.0236 e. The summed E-state index contributed by atoms with van der Waals surface area (Å²) in [7, 11) is 0. The first kappa shape index (κ1) is 16.3. The first-order chi connectivity index (χ1) is 10.8. The lowest BCUT2D eigenvalue weighted by atomic mass is 10.2. The van der Waals surface area contributed by atoms with Crippen LogP contribution in [-0.4, -0.2) is 72.8 Å². The fourth-order valence-corrected chi connectivity index (χ4v) is 4.10. The molecule has 22 heavy (non-hydrogen) atoms. The fraction of sp³-hybridized carbons (Fsp3) is 0.667. The minimum atomic E-state index is 0.782. The Hall–Kier alpha value is -0.550. The Morgan fingerprint density at radius 2 is 1.73 bits per heavy atom. The van der Waals surface area contributed by atoms with Crippen LogP contribution in [0.1, 0.15) is 18.9 Å². The largest absolute Gasteiger partial charge is 0.301 e. The van der Waals surface area contributed by atoms with Gasteiger partial charge < -0.3 is 4.90 Å². The summed E-state index contributed by atoms with van der Waals surface area (Å²) in [6.45, 7) is 12.1. The highest BCUT2D eigenvalue weighted by molar-refractivity contribution is 7.98. The molecule has 0 unspecified atom stereocenters. The molecular formula is C18H29N3S. The van der Waals surface area contributed by atoms with E-state index in [-0.39, 0.29) is 0 Å². The minimum Gasteiger partial charge on any atom is -0.301 e. The zero-order chi connectivity index (χ0) is 15.4. The van der Waals surface area contributed by atoms with Gasteiger partial charge >= 0.3 is 0 Å². The second kappa shape index (κ2) is 7.82. The van der Waals surface area contributed by atoms with Crippen LogP contribution < -0.4 is 0 Å². The van der Waals surface area contributed by atoms with Crippen molar-refractivity contribution in [3.8, 4) is 0 Å². The second-order valence-corrected chi connectivity index (χ2v) is 7.38. The maximum atomic E-state index is 2.73. The molecule has 1 aromatic carbocycles. The lowest BCUT2D eigenvalue weighted by Crippen LogP contribution is -2.50. The molecule has 1 atom stereocenters. The quantitative estimate of drug-likeness (QED) is 0.772. The van der Waals surface area contributed by atoms with Crippen molar-refractivity contribution in [2.24, 2.45) is 0 Å². The van der Waals surface area contributed by atoms with E-state index in [2.05, 4.69) is 52.1 Å². The third-order valence-corrected chi connectivity index (χ3v) is 5.93. The van der Waals surface area contributed by atoms with Crippen molar-refractivity contribution in [2.75, 3.05) is 52.1 Å². The first-order valence-electron chi connectivity index (χ1n) is 8.60. The van der Waals surface area contributed by atoms with Crippen LogP contribution >= 0.6 is 11.8 Å². The molecule has 0 bridgehead atoms. The summed E-state index contributed by atoms with van der Waals surface area (Å²) in [5.74, 6) is 0. The van der Waals surface area contributed by atoms with Crippen molar-refractivity contribution in [1.82, 2.24) is 14.7 Å². The summed E-state index contributed by atoms with van der Waals surface area (Å²) in [4.78, 5) is 9.28. The van der Waals surface area contributed by atoms with E-state index in [1.165, 1.54) is 62.7 Å². The van der Waals surface area contributed by atoms with Crippen LogP contribution in [0.5, 0.6) is 0 Å². The number of benzene rings is 1. The van der Waals surface area contributed by atoms with Gasteiger partial charge in [-0.15, -0.1) is 11.8 Å². The summed E-state index contributed by atoms with van der Waals surface area (Å²) in [5, 5.41) is 0. The number of thioether (sulfide) groups is 1. The molecule has 1 aromatic rings. The number of likely N-dealkylation sites (N-methyl/N-ethyl adjacent to an activating group) is 1. The van der Waals surface area contributed by atoms with Crippen LogP contribution in [0.3, 0.4) is 0 Å². The Morgan fingerprint density at radius 3 is 2.36 bits per heavy atom. The van der Waals surface area contributed by atoms with Gasteiger partial charge in [0, 0.05) is 56.8 Å². The van der Waals surface area contributed by atoms with Crippen LogP contribution in [-0.2, 0) is 6.54 Å². The van der Waals surface area contributed by atoms with Gasteiger partial charge in [0.2, 0.25) is 0 Å². The summed E-state index contributed by atoms with van der Waals surface area (Å²) in [5.41, 5.74) is 1.45. The van der Waals surface area contributed by atoms with Crippen LogP contribution in [0, 0.1) is 0 Å². The molecule has 0 radical (unpaired) electrons. The number of piperazine rings is 1. The molecule has 0 aromatic heterocycles. The predicted octanol–water partition coefficient (Wildman–Crippen LogP) is 2.62. The molecule has 0 N–H and O–H groups in total. The number of hydrogen-bond donors (Lipinski definition) is 0. The Kier molecular flexibility index (Phi) is 5.80. The van der Waals surface area contributed by atoms with E-state index in [4.69, 9.17) is 0 Å². The van der Waals surface area contributed by atoms with E-state index in [0.29, 0.717) is 0 Å². The highest BCUT2D eigenvalue weighted by atomic mass is 32.2. The van der Waals surface area contributed by atoms with E-state index in [0.717, 1.165) is 12.6 Å². The van der Waals surface area contributed by atoms with E-state index in [1.807, 2.05) is 11.8 Å². The fourth-order valence-electron chi connectivity index (χ4n) is 3.69. The first-order valence-corrected chi connectivity index (χ1v) is 9.82. The molecule has 0 spiro atoms. The van der Waals surface area contributed by atoms with Crippen LogP contribution in [0.4, 0.5) is 0 Å². The van der Waals surface area contributed by atoms with Crippen molar-refractivity contribution in [3.63, 3.8) is 0 Å². The molecule has 0 aliphatic carbocycles. The third-order valence-electron chi connectivity index (χ3n) is 5.18. The SMILES string of the molecule is CCN1CCN([C@H]2CCN(Cc3ccc(SC)cc3)C2)CC1. The topological polar surface area (TPSA) is 9.72 Å². The molecule has 2 saturated heterocycles. The van der Waals surface area contributed by atoms with E-state index in [9.17, 15) is 0 Å². The summed E-state index contributed by atoms with van der Waals surface area (Å²) in [6.07, 6.45) is 3.48. The van der Waals surface area contributed by atoms with Crippen LogP contribution in [0.25, 0.3) is 0 Å². The summed E-state index contributed by atoms with van der Waals surface area (Å²) in [6, 6.07) is 9.86. The molecule has 0 saturated carbocycles. The molecule has 2 aliphatic rings. The van der Waals surface area contributed by atoms with Crippen LogP contribution in [0.2, 0.25) is 0 Å². The Bertz CT molecular complexity index is 454. The van der Waals surface area contributed by atoms with Gasteiger partial charge in [-0.3, -0.25) is 9.80 Å². The summed E-state index contributed by atoms with van der Waals surface area (Å²) >= 11 is 1.82. The summed E-state index contributed by atoms with van der Waals surface area (Å²) < 4.78 is 0. The zero-order valence-electron chi connectivity index (χ0n) is 14.0. The molecule has 3 nitrogen and oxygen atoms in total. The highest BCUT2D eigenvalue weighted by Gasteiger charge is 2.29. The van der Waals surface area contributed by atoms with Crippen molar-refractivity contribution >= 4 is 11.8 Å². The second-order valence-electron chi connectivity index (χ2n) is 6.50. The van der Waals surface area contributed by atoms with Gasteiger partial charge in [-0.05, 0) is 36.9 Å². The molecule has 2 fully saturated rings. The third kappa shape index (κ3) is 4.05. The Morgan fingerprint density at radius 1 is 1.00 bits per heavy atom. The lowest BCUT2D eigenvalue weighted by molar-refractivity contribution is 0.101. The maximum Gasteiger partial charge on any atom is 0.0236 e. The number of nitrogens with zero attached hydrogens (tertiary/aromatic N) is 3. The predicted molar refractivity (Wildman–Crippen MR) is 95.6 cm³/mol. The van der Waals surface area contributed by atoms with E-state index < -0.39 is 0 Å². The van der Waals surface area contributed by atoms with Gasteiger partial charge in [0.15, 0.2) is 0 Å². The lowest BCUT2D eigenvalue weighted by Gasteiger charge is -2.37. The number of rotatable bonds is 5. The molecule has 2 heterocycles. The molecule has 2 aliphatic heterocycles. The number of likely N-dealkylation sites (tertiary alicyclic amines) is 1. The van der Waals surface area contributed by atoms with Gasteiger partial charge in [-0.25, -0.2) is 0 Å². The molecule has 3 rings (SSSR count). The monoisotopic (exact) mass is 319 g/mol. The normalized spacial score (nSPS) is 24.9. The van der Waals surface area contributed by atoms with Gasteiger partial charge in [0.25, 0.3) is 0 Å². The Balaban J connectivity index is 1.47. The van der Waals surface area contributed by atoms with Gasteiger partial charge in [-0.2, -0.15) is 0 Å². The highest BCUT2D eigenvalue weighted by Crippen LogP contribution is 2.21. The average molecular weight is 320 g/mol. The van der Waals surface area contributed by atoms with Crippen molar-refractivity contribution in [1.29, 1.82) is 0 Å². The molecular weight excluding hydrogens is 290 g/mol. The van der Waals surface area contributed by atoms with Crippen molar-refractivity contribution in [3.05, 3.63) is 29.8 Å². The molecule has 4 heteroatoms. The van der Waals surface area contributed by atoms with E-state index in [1.54, 1.807) is 0 Å². The Labute approximate surface area is 139 Å². The van der Waals surface area contributed by atoms with Crippen molar-refractivity contribution < 1.29 is 0 Å². The van der Waals surface area contributed by atoms with Gasteiger partial charge in [-0.1, -0.05) is 19.1 Å². The maximum absolute atomic E-state index is 2.73. The van der Waals surface area contributed by atoms with Gasteiger partial charge in [0.05, 0.1) is 0 Å². The van der Waals surface area contributed by atoms with Crippen molar-refractivity contribution in [2.45, 2.75) is 30.8 Å². The standard InChI is InChI=1S/C18H29N3S/c1-3-19-10-12-21(13-11-19)17-8-9-20(15-17)14-16-4-6-18(22-2)7-5-16/h4-7,17H,3,8-15H2,1-2H3/t17-/m0/s1. The number of hydrogen-bond acceptors (Lipinski definition) is 4. The van der Waals surface area contributed by atoms with Crippen LogP contribution in [0.15, 0.2) is 29.2 Å². The molecule has 122 valence electrons.